The first-order chi connectivity index (χ1) is 8.28. The van der Waals surface area contributed by atoms with Crippen molar-refractivity contribution in [1.82, 2.24) is 5.32 Å². The van der Waals surface area contributed by atoms with Crippen LogP contribution in [-0.4, -0.2) is 24.0 Å². The molecule has 1 aliphatic rings. The number of nitrogens with zero attached hydrogens (tertiary/aromatic N) is 1. The molecule has 0 spiro atoms. The molecule has 1 aliphatic carbocycles. The van der Waals surface area contributed by atoms with Crippen LogP contribution in [-0.2, 0) is 4.79 Å². The molecule has 0 aromatic rings. The standard InChI is InChI=1S/C13H26N4O/c1-13(2,3)17-12(15)16-8-9-4-6-10(7-5-9)11(14)18/h9-10H,4-8H2,1-3H3,(H2,14,18)(H3,15,16,17). The van der Waals surface area contributed by atoms with Crippen LogP contribution in [0, 0.1) is 11.8 Å². The van der Waals surface area contributed by atoms with Gasteiger partial charge in [0.05, 0.1) is 0 Å². The van der Waals surface area contributed by atoms with Crippen molar-refractivity contribution in [2.45, 2.75) is 52.0 Å². The summed E-state index contributed by atoms with van der Waals surface area (Å²) < 4.78 is 0. The summed E-state index contributed by atoms with van der Waals surface area (Å²) in [6.45, 7) is 6.88. The summed E-state index contributed by atoms with van der Waals surface area (Å²) in [4.78, 5) is 15.4. The molecule has 0 aromatic carbocycles. The fourth-order valence-corrected chi connectivity index (χ4v) is 2.28. The third-order valence-corrected chi connectivity index (χ3v) is 3.27. The van der Waals surface area contributed by atoms with Gasteiger partial charge in [-0.2, -0.15) is 0 Å². The number of aliphatic imine (C=N–C) groups is 1. The summed E-state index contributed by atoms with van der Waals surface area (Å²) in [7, 11) is 0. The largest absolute Gasteiger partial charge is 0.370 e. The molecule has 0 heterocycles. The molecule has 0 aromatic heterocycles. The highest BCUT2D eigenvalue weighted by Gasteiger charge is 2.24. The highest BCUT2D eigenvalue weighted by molar-refractivity contribution is 5.78. The van der Waals surface area contributed by atoms with Gasteiger partial charge in [-0.1, -0.05) is 0 Å². The molecule has 5 heteroatoms. The van der Waals surface area contributed by atoms with Crippen LogP contribution in [0.1, 0.15) is 46.5 Å². The molecular formula is C13H26N4O. The van der Waals surface area contributed by atoms with Crippen molar-refractivity contribution >= 4 is 11.9 Å². The van der Waals surface area contributed by atoms with Crippen LogP contribution in [0.5, 0.6) is 0 Å². The normalized spacial score (nSPS) is 25.8. The third kappa shape index (κ3) is 5.38. The first kappa shape index (κ1) is 14.8. The number of primary amides is 1. The summed E-state index contributed by atoms with van der Waals surface area (Å²) >= 11 is 0. The summed E-state index contributed by atoms with van der Waals surface area (Å²) in [5.74, 6) is 0.932. The number of hydrogen-bond acceptors (Lipinski definition) is 2. The first-order valence-electron chi connectivity index (χ1n) is 6.65. The zero-order valence-electron chi connectivity index (χ0n) is 11.7. The third-order valence-electron chi connectivity index (χ3n) is 3.27. The Balaban J connectivity index is 2.33. The molecule has 5 nitrogen and oxygen atoms in total. The smallest absolute Gasteiger partial charge is 0.220 e. The van der Waals surface area contributed by atoms with E-state index in [4.69, 9.17) is 11.5 Å². The Kier molecular flexibility index (Phi) is 4.99. The van der Waals surface area contributed by atoms with E-state index in [1.54, 1.807) is 0 Å². The van der Waals surface area contributed by atoms with Gasteiger partial charge in [0.25, 0.3) is 0 Å². The molecule has 0 aliphatic heterocycles. The lowest BCUT2D eigenvalue weighted by molar-refractivity contribution is -0.122. The monoisotopic (exact) mass is 254 g/mol. The van der Waals surface area contributed by atoms with Gasteiger partial charge < -0.3 is 16.8 Å². The van der Waals surface area contributed by atoms with Gasteiger partial charge in [0.15, 0.2) is 5.96 Å². The molecule has 0 atom stereocenters. The molecule has 5 N–H and O–H groups in total. The summed E-state index contributed by atoms with van der Waals surface area (Å²) in [5, 5.41) is 3.14. The Labute approximate surface area is 109 Å². The van der Waals surface area contributed by atoms with Crippen LogP contribution >= 0.6 is 0 Å². The van der Waals surface area contributed by atoms with E-state index in [-0.39, 0.29) is 17.4 Å². The Morgan fingerprint density at radius 2 is 1.78 bits per heavy atom. The average Bonchev–Trinajstić information content (AvgIpc) is 2.24. The molecule has 1 amide bonds. The molecule has 1 rings (SSSR count). The second-order valence-electron chi connectivity index (χ2n) is 6.22. The highest BCUT2D eigenvalue weighted by Crippen LogP contribution is 2.28. The molecule has 1 saturated carbocycles. The lowest BCUT2D eigenvalue weighted by Crippen LogP contribution is -2.45. The maximum Gasteiger partial charge on any atom is 0.220 e. The van der Waals surface area contributed by atoms with Crippen molar-refractivity contribution in [3.63, 3.8) is 0 Å². The fraction of sp³-hybridized carbons (Fsp3) is 0.846. The Hall–Kier alpha value is -1.26. The van der Waals surface area contributed by atoms with E-state index >= 15 is 0 Å². The van der Waals surface area contributed by atoms with E-state index in [2.05, 4.69) is 10.3 Å². The van der Waals surface area contributed by atoms with Crippen molar-refractivity contribution in [2.75, 3.05) is 6.54 Å². The lowest BCUT2D eigenvalue weighted by Gasteiger charge is -2.26. The van der Waals surface area contributed by atoms with Gasteiger partial charge in [0.1, 0.15) is 0 Å². The molecule has 1 fully saturated rings. The number of amides is 1. The van der Waals surface area contributed by atoms with E-state index < -0.39 is 0 Å². The van der Waals surface area contributed by atoms with Crippen molar-refractivity contribution in [2.24, 2.45) is 28.3 Å². The minimum Gasteiger partial charge on any atom is -0.370 e. The fourth-order valence-electron chi connectivity index (χ4n) is 2.28. The van der Waals surface area contributed by atoms with E-state index in [9.17, 15) is 4.79 Å². The number of rotatable bonds is 3. The van der Waals surface area contributed by atoms with Gasteiger partial charge in [-0.05, 0) is 52.4 Å². The quantitative estimate of drug-likeness (QED) is 0.517. The van der Waals surface area contributed by atoms with Gasteiger partial charge >= 0.3 is 0 Å². The van der Waals surface area contributed by atoms with Crippen molar-refractivity contribution in [3.8, 4) is 0 Å². The lowest BCUT2D eigenvalue weighted by atomic mass is 9.82. The summed E-state index contributed by atoms with van der Waals surface area (Å²) in [6, 6.07) is 0. The van der Waals surface area contributed by atoms with E-state index in [0.717, 1.165) is 32.2 Å². The molecular weight excluding hydrogens is 228 g/mol. The van der Waals surface area contributed by atoms with Crippen LogP contribution in [0.3, 0.4) is 0 Å². The summed E-state index contributed by atoms with van der Waals surface area (Å²) in [5.41, 5.74) is 11.1. The number of carbonyl (C=O) groups is 1. The zero-order chi connectivity index (χ0) is 13.8. The van der Waals surface area contributed by atoms with E-state index in [1.807, 2.05) is 20.8 Å². The molecule has 0 unspecified atom stereocenters. The SMILES string of the molecule is CC(C)(C)NC(N)=NCC1CCC(C(N)=O)CC1. The highest BCUT2D eigenvalue weighted by atomic mass is 16.1. The van der Waals surface area contributed by atoms with Crippen molar-refractivity contribution < 1.29 is 4.79 Å². The zero-order valence-corrected chi connectivity index (χ0v) is 11.7. The number of nitrogens with one attached hydrogen (secondary N) is 1. The first-order valence-corrected chi connectivity index (χ1v) is 6.65. The Bertz CT molecular complexity index is 311. The predicted octanol–water partition coefficient (Wildman–Crippen LogP) is 0.981. The molecule has 18 heavy (non-hydrogen) atoms. The molecule has 0 saturated heterocycles. The topological polar surface area (TPSA) is 93.5 Å². The molecule has 104 valence electrons. The van der Waals surface area contributed by atoms with Gasteiger partial charge in [-0.15, -0.1) is 0 Å². The van der Waals surface area contributed by atoms with Gasteiger partial charge in [0, 0.05) is 18.0 Å². The van der Waals surface area contributed by atoms with Crippen LogP contribution < -0.4 is 16.8 Å². The Morgan fingerprint density at radius 3 is 2.22 bits per heavy atom. The second-order valence-corrected chi connectivity index (χ2v) is 6.22. The Morgan fingerprint density at radius 1 is 1.22 bits per heavy atom. The minimum absolute atomic E-state index is 0.0583. The maximum atomic E-state index is 11.0. The summed E-state index contributed by atoms with van der Waals surface area (Å²) in [6.07, 6.45) is 3.81. The number of nitrogens with two attached hydrogens (primary N) is 2. The molecule has 0 radical (unpaired) electrons. The predicted molar refractivity (Wildman–Crippen MR) is 74.0 cm³/mol. The van der Waals surface area contributed by atoms with E-state index in [0.29, 0.717) is 11.9 Å². The van der Waals surface area contributed by atoms with Gasteiger partial charge in [-0.3, -0.25) is 9.79 Å². The number of hydrogen-bond donors (Lipinski definition) is 3. The average molecular weight is 254 g/mol. The van der Waals surface area contributed by atoms with Crippen LogP contribution in [0.15, 0.2) is 4.99 Å². The number of guanidine groups is 1. The van der Waals surface area contributed by atoms with E-state index in [1.165, 1.54) is 0 Å². The van der Waals surface area contributed by atoms with Crippen molar-refractivity contribution in [1.29, 1.82) is 0 Å². The van der Waals surface area contributed by atoms with Crippen molar-refractivity contribution in [3.05, 3.63) is 0 Å². The second kappa shape index (κ2) is 6.07. The van der Waals surface area contributed by atoms with Crippen LogP contribution in [0.2, 0.25) is 0 Å². The maximum absolute atomic E-state index is 11.0. The molecule has 0 bridgehead atoms. The van der Waals surface area contributed by atoms with Crippen LogP contribution in [0.4, 0.5) is 0 Å². The van der Waals surface area contributed by atoms with Crippen LogP contribution in [0.25, 0.3) is 0 Å². The van der Waals surface area contributed by atoms with Gasteiger partial charge in [-0.25, -0.2) is 0 Å². The number of carbonyl (C=O) groups excluding carboxylic acids is 1. The van der Waals surface area contributed by atoms with Gasteiger partial charge in [0.2, 0.25) is 5.91 Å². The minimum atomic E-state index is -0.161.